The average molecular weight is 436 g/mol. The summed E-state index contributed by atoms with van der Waals surface area (Å²) in [6.07, 6.45) is 1.35. The predicted octanol–water partition coefficient (Wildman–Crippen LogP) is 4.52. The third-order valence-corrected chi connectivity index (χ3v) is 5.80. The predicted molar refractivity (Wildman–Crippen MR) is 115 cm³/mol. The molecule has 1 saturated heterocycles. The molecule has 4 aromatic rings. The van der Waals surface area contributed by atoms with E-state index < -0.39 is 5.63 Å². The maximum Gasteiger partial charge on any atom is 0.349 e. The van der Waals surface area contributed by atoms with Gasteiger partial charge in [0.05, 0.1) is 0 Å². The molecule has 1 fully saturated rings. The Morgan fingerprint density at radius 2 is 1.81 bits per heavy atom. The van der Waals surface area contributed by atoms with Crippen molar-refractivity contribution in [2.75, 3.05) is 13.1 Å². The van der Waals surface area contributed by atoms with E-state index >= 15 is 0 Å². The first-order chi connectivity index (χ1) is 15.1. The van der Waals surface area contributed by atoms with Gasteiger partial charge in [-0.05, 0) is 49.2 Å². The summed E-state index contributed by atoms with van der Waals surface area (Å²) in [4.78, 5) is 31.4. The molecule has 8 heteroatoms. The number of hydrogen-bond acceptors (Lipinski definition) is 6. The number of carbonyl (C=O) groups is 1. The minimum atomic E-state index is -0.615. The van der Waals surface area contributed by atoms with Gasteiger partial charge in [0, 0.05) is 35.0 Å². The van der Waals surface area contributed by atoms with Gasteiger partial charge in [0.25, 0.3) is 5.91 Å². The first-order valence-electron chi connectivity index (χ1n) is 10.0. The molecular formula is C23H18ClN3O4. The standard InChI is InChI=1S/C23H18ClN3O4/c24-17-7-5-14(6-8-17)20-25-21(31-26-20)15-9-11-27(12-10-15)22(28)18-13-16-3-1-2-4-19(16)30-23(18)29/h1-8,13,15H,9-12H2. The molecule has 0 radical (unpaired) electrons. The van der Waals surface area contributed by atoms with E-state index in [2.05, 4.69) is 10.1 Å². The average Bonchev–Trinajstić information content (AvgIpc) is 3.29. The minimum Gasteiger partial charge on any atom is -0.422 e. The third kappa shape index (κ3) is 3.84. The van der Waals surface area contributed by atoms with Gasteiger partial charge in [-0.2, -0.15) is 4.98 Å². The summed E-state index contributed by atoms with van der Waals surface area (Å²) in [5.74, 6) is 0.817. The lowest BCUT2D eigenvalue weighted by Gasteiger charge is -2.30. The molecule has 1 aliphatic rings. The fraction of sp³-hybridized carbons (Fsp3) is 0.217. The van der Waals surface area contributed by atoms with E-state index in [1.807, 2.05) is 24.3 Å². The Bertz CT molecular complexity index is 1300. The molecule has 3 heterocycles. The molecule has 2 aromatic carbocycles. The van der Waals surface area contributed by atoms with Gasteiger partial charge >= 0.3 is 5.63 Å². The highest BCUT2D eigenvalue weighted by molar-refractivity contribution is 6.30. The smallest absolute Gasteiger partial charge is 0.349 e. The van der Waals surface area contributed by atoms with Crippen LogP contribution in [0.5, 0.6) is 0 Å². The van der Waals surface area contributed by atoms with Crippen molar-refractivity contribution in [2.24, 2.45) is 0 Å². The molecule has 1 aliphatic heterocycles. The lowest BCUT2D eigenvalue weighted by molar-refractivity contribution is 0.0700. The second-order valence-electron chi connectivity index (χ2n) is 7.51. The number of carbonyl (C=O) groups excluding carboxylic acids is 1. The fourth-order valence-electron chi connectivity index (χ4n) is 3.83. The molecule has 0 unspecified atom stereocenters. The van der Waals surface area contributed by atoms with Gasteiger partial charge in [-0.1, -0.05) is 35.0 Å². The van der Waals surface area contributed by atoms with Crippen LogP contribution in [0.25, 0.3) is 22.4 Å². The molecule has 156 valence electrons. The van der Waals surface area contributed by atoms with Crippen LogP contribution in [0.15, 0.2) is 68.3 Å². The lowest BCUT2D eigenvalue weighted by atomic mass is 9.96. The van der Waals surface area contributed by atoms with Gasteiger partial charge < -0.3 is 13.8 Å². The second kappa shape index (κ2) is 8.00. The second-order valence-corrected chi connectivity index (χ2v) is 7.95. The highest BCUT2D eigenvalue weighted by Crippen LogP contribution is 2.29. The monoisotopic (exact) mass is 435 g/mol. The number of fused-ring (bicyclic) bond motifs is 1. The molecule has 0 saturated carbocycles. The molecule has 0 atom stereocenters. The van der Waals surface area contributed by atoms with Gasteiger partial charge in [0.15, 0.2) is 0 Å². The first kappa shape index (κ1) is 19.5. The highest BCUT2D eigenvalue weighted by Gasteiger charge is 2.29. The van der Waals surface area contributed by atoms with E-state index in [-0.39, 0.29) is 17.4 Å². The van der Waals surface area contributed by atoms with Gasteiger partial charge in [-0.3, -0.25) is 4.79 Å². The molecule has 0 bridgehead atoms. The van der Waals surface area contributed by atoms with Crippen molar-refractivity contribution < 1.29 is 13.7 Å². The topological polar surface area (TPSA) is 89.4 Å². The summed E-state index contributed by atoms with van der Waals surface area (Å²) in [7, 11) is 0. The zero-order valence-corrected chi connectivity index (χ0v) is 17.2. The summed E-state index contributed by atoms with van der Waals surface area (Å²) < 4.78 is 10.8. The molecular weight excluding hydrogens is 418 g/mol. The first-order valence-corrected chi connectivity index (χ1v) is 10.4. The van der Waals surface area contributed by atoms with Crippen LogP contribution < -0.4 is 5.63 Å². The van der Waals surface area contributed by atoms with Crippen molar-refractivity contribution in [2.45, 2.75) is 18.8 Å². The Balaban J connectivity index is 1.28. The van der Waals surface area contributed by atoms with Crippen LogP contribution in [0.4, 0.5) is 0 Å². The Hall–Kier alpha value is -3.45. The Kier molecular flexibility index (Phi) is 5.03. The molecule has 7 nitrogen and oxygen atoms in total. The van der Waals surface area contributed by atoms with Crippen LogP contribution in [0.1, 0.15) is 35.0 Å². The molecule has 1 amide bonds. The number of benzene rings is 2. The molecule has 0 N–H and O–H groups in total. The summed E-state index contributed by atoms with van der Waals surface area (Å²) in [5.41, 5.74) is 0.737. The highest BCUT2D eigenvalue weighted by atomic mass is 35.5. The van der Waals surface area contributed by atoms with Gasteiger partial charge in [0.2, 0.25) is 11.7 Å². The van der Waals surface area contributed by atoms with E-state index in [1.165, 1.54) is 0 Å². The zero-order chi connectivity index (χ0) is 21.4. The number of hydrogen-bond donors (Lipinski definition) is 0. The van der Waals surface area contributed by atoms with Gasteiger partial charge in [-0.25, -0.2) is 4.79 Å². The number of aromatic nitrogens is 2. The van der Waals surface area contributed by atoms with Crippen molar-refractivity contribution in [3.05, 3.63) is 81.5 Å². The van der Waals surface area contributed by atoms with Gasteiger partial charge in [0.1, 0.15) is 11.1 Å². The maximum absolute atomic E-state index is 12.9. The van der Waals surface area contributed by atoms with Crippen molar-refractivity contribution in [3.63, 3.8) is 0 Å². The zero-order valence-electron chi connectivity index (χ0n) is 16.5. The van der Waals surface area contributed by atoms with E-state index in [0.29, 0.717) is 48.3 Å². The van der Waals surface area contributed by atoms with Crippen LogP contribution in [-0.2, 0) is 0 Å². The van der Waals surface area contributed by atoms with Crippen LogP contribution >= 0.6 is 11.6 Å². The Morgan fingerprint density at radius 3 is 2.58 bits per heavy atom. The summed E-state index contributed by atoms with van der Waals surface area (Å²) in [6.45, 7) is 0.989. The summed E-state index contributed by atoms with van der Waals surface area (Å²) >= 11 is 5.93. The molecule has 31 heavy (non-hydrogen) atoms. The quantitative estimate of drug-likeness (QED) is 0.439. The number of rotatable bonds is 3. The molecule has 5 rings (SSSR count). The summed E-state index contributed by atoms with van der Waals surface area (Å²) in [5, 5.41) is 5.44. The number of likely N-dealkylation sites (tertiary alicyclic amines) is 1. The number of amides is 1. The minimum absolute atomic E-state index is 0.0555. The van der Waals surface area contributed by atoms with E-state index in [1.54, 1.807) is 35.2 Å². The fourth-order valence-corrected chi connectivity index (χ4v) is 3.95. The number of para-hydroxylation sites is 1. The Morgan fingerprint density at radius 1 is 1.06 bits per heavy atom. The number of piperidine rings is 1. The van der Waals surface area contributed by atoms with Crippen molar-refractivity contribution in [1.82, 2.24) is 15.0 Å². The normalized spacial score (nSPS) is 14.8. The Labute approximate surface area is 182 Å². The van der Waals surface area contributed by atoms with Crippen LogP contribution in [0, 0.1) is 0 Å². The lowest BCUT2D eigenvalue weighted by Crippen LogP contribution is -2.39. The number of nitrogens with zero attached hydrogens (tertiary/aromatic N) is 3. The van der Waals surface area contributed by atoms with Crippen molar-refractivity contribution in [3.8, 4) is 11.4 Å². The molecule has 2 aromatic heterocycles. The molecule has 0 spiro atoms. The third-order valence-electron chi connectivity index (χ3n) is 5.55. The van der Waals surface area contributed by atoms with Crippen LogP contribution in [0.2, 0.25) is 5.02 Å². The SMILES string of the molecule is O=C(c1cc2ccccc2oc1=O)N1CCC(c2nc(-c3ccc(Cl)cc3)no2)CC1. The van der Waals surface area contributed by atoms with E-state index in [4.69, 9.17) is 20.5 Å². The van der Waals surface area contributed by atoms with Crippen molar-refractivity contribution in [1.29, 1.82) is 0 Å². The molecule has 0 aliphatic carbocycles. The van der Waals surface area contributed by atoms with E-state index in [9.17, 15) is 9.59 Å². The largest absolute Gasteiger partial charge is 0.422 e. The number of halogens is 1. The summed E-state index contributed by atoms with van der Waals surface area (Å²) in [6, 6.07) is 16.0. The van der Waals surface area contributed by atoms with Crippen LogP contribution in [0.3, 0.4) is 0 Å². The van der Waals surface area contributed by atoms with Gasteiger partial charge in [-0.15, -0.1) is 0 Å². The maximum atomic E-state index is 12.9. The van der Waals surface area contributed by atoms with E-state index in [0.717, 1.165) is 10.9 Å². The van der Waals surface area contributed by atoms with Crippen molar-refractivity contribution >= 4 is 28.5 Å². The van der Waals surface area contributed by atoms with Crippen LogP contribution in [-0.4, -0.2) is 34.0 Å².